The summed E-state index contributed by atoms with van der Waals surface area (Å²) in [5.74, 6) is 6.90. The van der Waals surface area contributed by atoms with Gasteiger partial charge in [-0.25, -0.2) is 9.59 Å². The Hall–Kier alpha value is -6.32. The number of carbonyl (C=O) groups excluding carboxylic acids is 8. The van der Waals surface area contributed by atoms with Crippen molar-refractivity contribution in [1.29, 1.82) is 0 Å². The number of nitrogens with zero attached hydrogens (tertiary/aromatic N) is 2. The molecule has 12 unspecified atom stereocenters. The van der Waals surface area contributed by atoms with Crippen molar-refractivity contribution < 1.29 is 47.8 Å². The molecular weight excluding hydrogens is 1330 g/mol. The summed E-state index contributed by atoms with van der Waals surface area (Å²) in [4.78, 5) is 93.6. The molecule has 596 valence electrons. The van der Waals surface area contributed by atoms with Crippen LogP contribution in [0.5, 0.6) is 0 Å². The zero-order valence-corrected chi connectivity index (χ0v) is 67.3. The fraction of sp³-hybridized carbons (Fsp3) is 0.733. The molecule has 4 N–H and O–H groups in total. The first-order valence-electron chi connectivity index (χ1n) is 42.1. The molecule has 0 saturated heterocycles. The number of carbonyl (C=O) groups is 8. The van der Waals surface area contributed by atoms with Gasteiger partial charge in [-0.15, -0.1) is 0 Å². The van der Waals surface area contributed by atoms with Gasteiger partial charge in [-0.2, -0.15) is 0 Å². The van der Waals surface area contributed by atoms with E-state index in [4.69, 9.17) is 9.47 Å². The summed E-state index contributed by atoms with van der Waals surface area (Å²) in [6.45, 7) is 35.4. The summed E-state index contributed by atoms with van der Waals surface area (Å²) < 4.78 is 10.7. The minimum absolute atomic E-state index is 0.00792. The van der Waals surface area contributed by atoms with Crippen LogP contribution in [0.2, 0.25) is 0 Å². The molecule has 12 aliphatic carbocycles. The first kappa shape index (κ1) is 90.3. The SMILES string of the molecule is C=C(C)C(=O)N(C)C1CCCCC1.C=C(C)C(=O)NC1CCC2CCCC2C1.C=C(C)C(=O)NC1CCCCC1.C=C(C)C(=O)OC1CCC2CCCC2C1.C=CC(=O)N(C)C1CCCCC1.C=CC(=O)NC1CCC2CCCC2C1.C=CC(=O)NC1CCCCC1.C=CC(=O)OC1CCC2CCCC2C1. The number of fused-ring (bicyclic) bond motifs is 4. The minimum atomic E-state index is -0.258. The lowest BCUT2D eigenvalue weighted by molar-refractivity contribution is -0.147. The first-order valence-corrected chi connectivity index (χ1v) is 42.1. The molecule has 0 aromatic rings. The highest BCUT2D eigenvalue weighted by Crippen LogP contribution is 2.46. The van der Waals surface area contributed by atoms with Gasteiger partial charge < -0.3 is 40.5 Å². The van der Waals surface area contributed by atoms with Gasteiger partial charge >= 0.3 is 11.9 Å². The summed E-state index contributed by atoms with van der Waals surface area (Å²) in [6, 6.07) is 2.56. The minimum Gasteiger partial charge on any atom is -0.459 e. The van der Waals surface area contributed by atoms with Gasteiger partial charge in [-0.1, -0.05) is 207 Å². The highest BCUT2D eigenvalue weighted by molar-refractivity contribution is 5.93. The molecule has 0 heterocycles. The van der Waals surface area contributed by atoms with E-state index in [1.54, 1.807) is 27.7 Å². The maximum atomic E-state index is 11.6. The van der Waals surface area contributed by atoms with Crippen LogP contribution in [0.15, 0.2) is 99.2 Å². The number of hydrogen-bond donors (Lipinski definition) is 4. The van der Waals surface area contributed by atoms with E-state index >= 15 is 0 Å². The van der Waals surface area contributed by atoms with Gasteiger partial charge in [0.1, 0.15) is 12.2 Å². The van der Waals surface area contributed by atoms with Crippen molar-refractivity contribution in [3.63, 3.8) is 0 Å². The van der Waals surface area contributed by atoms with Gasteiger partial charge in [0, 0.05) is 78.7 Å². The van der Waals surface area contributed by atoms with Crippen LogP contribution in [0.1, 0.15) is 310 Å². The van der Waals surface area contributed by atoms with Crippen molar-refractivity contribution in [1.82, 2.24) is 31.1 Å². The third-order valence-electron chi connectivity index (χ3n) is 25.3. The van der Waals surface area contributed by atoms with Crippen LogP contribution in [0.3, 0.4) is 0 Å². The van der Waals surface area contributed by atoms with Gasteiger partial charge in [0.2, 0.25) is 35.4 Å². The standard InChI is InChI=1S/C13H21NO.C13H20O2.C12H19NO.C12H18O2.C11H19NO.2C10H17NO.C9H15NO/c1-9(2)13(15)14-12-7-6-10-4-3-5-11(10)8-12;1-9(2)13(14)15-12-7-6-10-4-3-5-11(10)8-12;1-2-12(14)13-11-7-6-9-4-3-5-10(9)8-11;1-2-12(13)14-11-7-6-9-4-3-5-10(9)8-11;1-9(2)11(13)12(3)10-7-5-4-6-8-10;1-8(2)10(12)11-9-6-4-3-5-7-9;1-3-10(12)11(2)9-7-5-4-6-8-9;1-2-9(11)10-8-6-4-3-5-7-8/h10-12H,1,3-8H2,2H3,(H,14,15);10-12H,1,3-8H2,2H3;2,9-11H,1,3-8H2,(H,13,14);2,9-11H,1,3-8H2;10H,1,4-8H2,2-3H3;9H,1,3-7H2,2H3,(H,11,12);3,9H,1,4-8H2,2H3;2,8H,1,3-7H2,(H,10,11). The van der Waals surface area contributed by atoms with Crippen molar-refractivity contribution in [3.8, 4) is 0 Å². The maximum absolute atomic E-state index is 11.6. The molecule has 0 radical (unpaired) electrons. The predicted octanol–water partition coefficient (Wildman–Crippen LogP) is 18.6. The van der Waals surface area contributed by atoms with E-state index in [9.17, 15) is 38.4 Å². The van der Waals surface area contributed by atoms with Gasteiger partial charge in [-0.05, 0) is 222 Å². The molecule has 12 rings (SSSR count). The predicted molar refractivity (Wildman–Crippen MR) is 432 cm³/mol. The van der Waals surface area contributed by atoms with Crippen LogP contribution in [-0.4, -0.2) is 120 Å². The zero-order valence-electron chi connectivity index (χ0n) is 67.3. The van der Waals surface area contributed by atoms with Crippen molar-refractivity contribution >= 4 is 47.4 Å². The third-order valence-corrected chi connectivity index (χ3v) is 25.3. The lowest BCUT2D eigenvalue weighted by Gasteiger charge is -2.32. The van der Waals surface area contributed by atoms with Crippen molar-refractivity contribution in [2.45, 2.75) is 359 Å². The van der Waals surface area contributed by atoms with Gasteiger partial charge in [0.15, 0.2) is 0 Å². The normalized spacial score (nSPS) is 27.8. The second-order valence-electron chi connectivity index (χ2n) is 33.6. The molecule has 12 fully saturated rings. The molecule has 16 heteroatoms. The Morgan fingerprint density at radius 1 is 0.311 bits per heavy atom. The smallest absolute Gasteiger partial charge is 0.333 e. The summed E-state index contributed by atoms with van der Waals surface area (Å²) >= 11 is 0. The number of hydrogen-bond acceptors (Lipinski definition) is 10. The maximum Gasteiger partial charge on any atom is 0.333 e. The van der Waals surface area contributed by atoms with Crippen molar-refractivity contribution in [2.75, 3.05) is 14.1 Å². The molecular formula is C90H146N6O10. The second kappa shape index (κ2) is 49.7. The Balaban J connectivity index is 0.000000218. The molecule has 106 heavy (non-hydrogen) atoms. The van der Waals surface area contributed by atoms with E-state index in [0.717, 1.165) is 124 Å². The van der Waals surface area contributed by atoms with Crippen LogP contribution in [-0.2, 0) is 47.8 Å². The van der Waals surface area contributed by atoms with Crippen LogP contribution in [0.4, 0.5) is 0 Å². The molecule has 12 aliphatic rings. The van der Waals surface area contributed by atoms with Crippen molar-refractivity contribution in [2.24, 2.45) is 47.3 Å². The molecule has 0 spiro atoms. The molecule has 0 aromatic heterocycles. The van der Waals surface area contributed by atoms with E-state index in [2.05, 4.69) is 73.9 Å². The topological polar surface area (TPSA) is 210 Å². The summed E-state index contributed by atoms with van der Waals surface area (Å²) in [6.07, 6.45) is 61.0. The zero-order chi connectivity index (χ0) is 77.5. The largest absolute Gasteiger partial charge is 0.459 e. The number of nitrogens with one attached hydrogen (secondary N) is 4. The number of rotatable bonds is 16. The van der Waals surface area contributed by atoms with Gasteiger partial charge in [0.05, 0.1) is 0 Å². The van der Waals surface area contributed by atoms with E-state index in [-0.39, 0.29) is 59.6 Å². The number of amides is 6. The monoisotopic (exact) mass is 1470 g/mol. The fourth-order valence-electron chi connectivity index (χ4n) is 19.0. The number of esters is 2. The molecule has 0 aromatic carbocycles. The summed E-state index contributed by atoms with van der Waals surface area (Å²) in [5, 5.41) is 12.0. The fourth-order valence-corrected chi connectivity index (χ4v) is 19.0. The summed E-state index contributed by atoms with van der Waals surface area (Å²) in [5.41, 5.74) is 2.40. The molecule has 12 atom stereocenters. The highest BCUT2D eigenvalue weighted by Gasteiger charge is 2.38. The first-order chi connectivity index (χ1) is 50.8. The van der Waals surface area contributed by atoms with E-state index in [1.807, 2.05) is 23.9 Å². The average Bonchev–Trinajstić information content (AvgIpc) is 1.72. The molecule has 16 nitrogen and oxygen atoms in total. The third kappa shape index (κ3) is 33.3. The molecule has 0 bridgehead atoms. The Morgan fingerprint density at radius 3 is 1.01 bits per heavy atom. The van der Waals surface area contributed by atoms with E-state index < -0.39 is 0 Å². The number of ether oxygens (including phenoxy) is 2. The molecule has 12 saturated carbocycles. The lowest BCUT2D eigenvalue weighted by atomic mass is 9.79. The lowest BCUT2D eigenvalue weighted by Crippen LogP contribution is -2.40. The van der Waals surface area contributed by atoms with Crippen LogP contribution >= 0.6 is 0 Å². The van der Waals surface area contributed by atoms with Gasteiger partial charge in [-0.3, -0.25) is 28.8 Å². The van der Waals surface area contributed by atoms with Gasteiger partial charge in [0.25, 0.3) is 0 Å². The Morgan fingerprint density at radius 2 is 0.642 bits per heavy atom. The quantitative estimate of drug-likeness (QED) is 0.0848. The average molecular weight is 1470 g/mol. The molecule has 6 amide bonds. The Bertz CT molecular complexity index is 2730. The van der Waals surface area contributed by atoms with E-state index in [1.165, 1.54) is 230 Å². The second-order valence-corrected chi connectivity index (χ2v) is 33.6. The number of likely N-dealkylation sites (N-methyl/N-ethyl adjacent to an activating group) is 2. The van der Waals surface area contributed by atoms with Crippen LogP contribution in [0, 0.1) is 47.3 Å². The summed E-state index contributed by atoms with van der Waals surface area (Å²) in [7, 11) is 3.77. The highest BCUT2D eigenvalue weighted by atomic mass is 16.5. The van der Waals surface area contributed by atoms with E-state index in [0.29, 0.717) is 58.5 Å². The Labute approximate surface area is 642 Å². The van der Waals surface area contributed by atoms with Crippen molar-refractivity contribution in [3.05, 3.63) is 99.2 Å². The Kier molecular flexibility index (Phi) is 42.3. The van der Waals surface area contributed by atoms with Crippen LogP contribution in [0.25, 0.3) is 0 Å². The molecule has 0 aliphatic heterocycles. The van der Waals surface area contributed by atoms with Crippen LogP contribution < -0.4 is 21.3 Å².